The Balaban J connectivity index is 3.26. The van der Waals surface area contributed by atoms with Crippen molar-refractivity contribution in [2.45, 2.75) is 25.6 Å². The monoisotopic (exact) mass is 272 g/mol. The van der Waals surface area contributed by atoms with Crippen LogP contribution in [0.15, 0.2) is 18.2 Å². The SMILES string of the molecule is C#CC(C)(C)Oc1ccc(C(F)(F)F)c(C(=O)O)c1. The Bertz CT molecular complexity index is 539. The number of carbonyl (C=O) groups is 1. The number of alkyl halides is 3. The van der Waals surface area contributed by atoms with Crippen LogP contribution in [0.3, 0.4) is 0 Å². The lowest BCUT2D eigenvalue weighted by Gasteiger charge is -2.21. The molecule has 1 N–H and O–H groups in total. The third-order valence-corrected chi connectivity index (χ3v) is 2.25. The first-order valence-electron chi connectivity index (χ1n) is 5.18. The fraction of sp³-hybridized carbons (Fsp3) is 0.308. The summed E-state index contributed by atoms with van der Waals surface area (Å²) in [6.07, 6.45) is 0.438. The number of benzene rings is 1. The number of carboxylic acids is 1. The van der Waals surface area contributed by atoms with Crippen molar-refractivity contribution in [3.8, 4) is 18.1 Å². The third-order valence-electron chi connectivity index (χ3n) is 2.25. The molecule has 0 unspecified atom stereocenters. The second kappa shape index (κ2) is 4.84. The molecule has 19 heavy (non-hydrogen) atoms. The largest absolute Gasteiger partial charge is 0.478 e. The van der Waals surface area contributed by atoms with Crippen LogP contribution >= 0.6 is 0 Å². The topological polar surface area (TPSA) is 46.5 Å². The average Bonchev–Trinajstić information content (AvgIpc) is 2.26. The number of terminal acetylenes is 1. The van der Waals surface area contributed by atoms with E-state index in [1.807, 2.05) is 0 Å². The minimum atomic E-state index is -4.74. The Hall–Kier alpha value is -2.16. The molecule has 1 aromatic rings. The molecule has 0 aliphatic carbocycles. The molecule has 0 aliphatic rings. The van der Waals surface area contributed by atoms with Crippen molar-refractivity contribution in [1.29, 1.82) is 0 Å². The maximum Gasteiger partial charge on any atom is 0.417 e. The Kier molecular flexibility index (Phi) is 3.80. The number of ether oxygens (including phenoxy) is 1. The predicted molar refractivity (Wildman–Crippen MR) is 61.9 cm³/mol. The Morgan fingerprint density at radius 2 is 1.95 bits per heavy atom. The van der Waals surface area contributed by atoms with Crippen molar-refractivity contribution >= 4 is 5.97 Å². The summed E-state index contributed by atoms with van der Waals surface area (Å²) >= 11 is 0. The highest BCUT2D eigenvalue weighted by Crippen LogP contribution is 2.34. The van der Waals surface area contributed by atoms with Crippen molar-refractivity contribution in [2.75, 3.05) is 0 Å². The van der Waals surface area contributed by atoms with E-state index in [2.05, 4.69) is 5.92 Å². The summed E-state index contributed by atoms with van der Waals surface area (Å²) in [5.74, 6) is 0.574. The zero-order valence-electron chi connectivity index (χ0n) is 10.2. The van der Waals surface area contributed by atoms with Crippen LogP contribution in [0.25, 0.3) is 0 Å². The number of hydrogen-bond acceptors (Lipinski definition) is 2. The molecule has 0 aromatic heterocycles. The van der Waals surface area contributed by atoms with E-state index in [-0.39, 0.29) is 5.75 Å². The van der Waals surface area contributed by atoms with Gasteiger partial charge in [0, 0.05) is 0 Å². The van der Waals surface area contributed by atoms with E-state index in [9.17, 15) is 18.0 Å². The molecule has 3 nitrogen and oxygen atoms in total. The first-order chi connectivity index (χ1) is 8.57. The summed E-state index contributed by atoms with van der Waals surface area (Å²) in [6, 6.07) is 2.50. The quantitative estimate of drug-likeness (QED) is 0.859. The van der Waals surface area contributed by atoms with Gasteiger partial charge in [0.25, 0.3) is 0 Å². The van der Waals surface area contributed by atoms with Crippen LogP contribution in [0, 0.1) is 12.3 Å². The molecular formula is C13H11F3O3. The van der Waals surface area contributed by atoms with E-state index < -0.39 is 28.9 Å². The summed E-state index contributed by atoms with van der Waals surface area (Å²) in [6.45, 7) is 3.07. The fourth-order valence-electron chi connectivity index (χ4n) is 1.34. The maximum atomic E-state index is 12.6. The van der Waals surface area contributed by atoms with Crippen molar-refractivity contribution < 1.29 is 27.8 Å². The Morgan fingerprint density at radius 3 is 2.37 bits per heavy atom. The van der Waals surface area contributed by atoms with Gasteiger partial charge in [-0.1, -0.05) is 5.92 Å². The molecule has 0 atom stereocenters. The van der Waals surface area contributed by atoms with E-state index in [0.29, 0.717) is 6.07 Å². The molecule has 1 rings (SSSR count). The molecule has 0 fully saturated rings. The van der Waals surface area contributed by atoms with E-state index >= 15 is 0 Å². The van der Waals surface area contributed by atoms with Crippen LogP contribution in [0.1, 0.15) is 29.8 Å². The van der Waals surface area contributed by atoms with Crippen LogP contribution in [0.4, 0.5) is 13.2 Å². The molecule has 0 heterocycles. The van der Waals surface area contributed by atoms with Gasteiger partial charge in [-0.25, -0.2) is 4.79 Å². The summed E-state index contributed by atoms with van der Waals surface area (Å²) in [4.78, 5) is 10.9. The summed E-state index contributed by atoms with van der Waals surface area (Å²) in [5, 5.41) is 8.81. The van der Waals surface area contributed by atoms with Gasteiger partial charge in [0.05, 0.1) is 11.1 Å². The Morgan fingerprint density at radius 1 is 1.37 bits per heavy atom. The molecule has 0 bridgehead atoms. The first-order valence-corrected chi connectivity index (χ1v) is 5.18. The molecule has 0 saturated carbocycles. The van der Waals surface area contributed by atoms with E-state index in [1.54, 1.807) is 0 Å². The Labute approximate surface area is 108 Å². The summed E-state index contributed by atoms with van der Waals surface area (Å²) < 4.78 is 43.1. The van der Waals surface area contributed by atoms with Crippen LogP contribution in [-0.2, 0) is 6.18 Å². The molecule has 0 radical (unpaired) electrons. The van der Waals surface area contributed by atoms with Gasteiger partial charge in [-0.2, -0.15) is 13.2 Å². The van der Waals surface area contributed by atoms with Gasteiger partial charge in [-0.15, -0.1) is 6.42 Å². The molecule has 0 spiro atoms. The number of carboxylic acid groups (broad SMARTS) is 1. The van der Waals surface area contributed by atoms with Crippen molar-refractivity contribution in [3.05, 3.63) is 29.3 Å². The lowest BCUT2D eigenvalue weighted by molar-refractivity contribution is -0.138. The number of hydrogen-bond donors (Lipinski definition) is 1. The molecule has 1 aromatic carbocycles. The number of rotatable bonds is 3. The zero-order chi connectivity index (χ0) is 14.8. The van der Waals surface area contributed by atoms with E-state index in [1.165, 1.54) is 13.8 Å². The van der Waals surface area contributed by atoms with Crippen molar-refractivity contribution in [3.63, 3.8) is 0 Å². The van der Waals surface area contributed by atoms with Gasteiger partial charge in [0.2, 0.25) is 0 Å². The van der Waals surface area contributed by atoms with Gasteiger partial charge in [0.1, 0.15) is 5.75 Å². The van der Waals surface area contributed by atoms with Crippen molar-refractivity contribution in [1.82, 2.24) is 0 Å². The minimum absolute atomic E-state index is 0.0339. The molecule has 0 saturated heterocycles. The second-order valence-corrected chi connectivity index (χ2v) is 4.27. The van der Waals surface area contributed by atoms with E-state index in [4.69, 9.17) is 16.3 Å². The zero-order valence-corrected chi connectivity index (χ0v) is 10.2. The fourth-order valence-corrected chi connectivity index (χ4v) is 1.34. The molecule has 6 heteroatoms. The van der Waals surface area contributed by atoms with Crippen LogP contribution in [-0.4, -0.2) is 16.7 Å². The van der Waals surface area contributed by atoms with Crippen LogP contribution in [0.2, 0.25) is 0 Å². The minimum Gasteiger partial charge on any atom is -0.478 e. The highest BCUT2D eigenvalue weighted by Gasteiger charge is 2.35. The summed E-state index contributed by atoms with van der Waals surface area (Å²) in [7, 11) is 0. The second-order valence-electron chi connectivity index (χ2n) is 4.27. The van der Waals surface area contributed by atoms with Crippen molar-refractivity contribution in [2.24, 2.45) is 0 Å². The van der Waals surface area contributed by atoms with Gasteiger partial charge >= 0.3 is 12.1 Å². The lowest BCUT2D eigenvalue weighted by Crippen LogP contribution is -2.25. The standard InChI is InChI=1S/C13H11F3O3/c1-4-12(2,3)19-8-5-6-10(13(14,15)16)9(7-8)11(17)18/h1,5-7H,2-3H3,(H,17,18). The highest BCUT2D eigenvalue weighted by molar-refractivity contribution is 5.90. The smallest absolute Gasteiger partial charge is 0.417 e. The van der Waals surface area contributed by atoms with Gasteiger partial charge in [0.15, 0.2) is 5.60 Å². The maximum absolute atomic E-state index is 12.6. The molecule has 0 amide bonds. The average molecular weight is 272 g/mol. The number of aromatic carboxylic acids is 1. The third kappa shape index (κ3) is 3.65. The van der Waals surface area contributed by atoms with Gasteiger partial charge in [-0.3, -0.25) is 0 Å². The highest BCUT2D eigenvalue weighted by atomic mass is 19.4. The van der Waals surface area contributed by atoms with E-state index in [0.717, 1.165) is 12.1 Å². The summed E-state index contributed by atoms with van der Waals surface area (Å²) in [5.41, 5.74) is -3.15. The molecule has 0 aliphatic heterocycles. The predicted octanol–water partition coefficient (Wildman–Crippen LogP) is 3.19. The molecular weight excluding hydrogens is 261 g/mol. The van der Waals surface area contributed by atoms with Gasteiger partial charge < -0.3 is 9.84 Å². The molecule has 102 valence electrons. The van der Waals surface area contributed by atoms with Gasteiger partial charge in [-0.05, 0) is 32.0 Å². The first kappa shape index (κ1) is 14.9. The number of halogens is 3. The normalized spacial score (nSPS) is 11.8. The van der Waals surface area contributed by atoms with Crippen LogP contribution in [0.5, 0.6) is 5.75 Å². The lowest BCUT2D eigenvalue weighted by atomic mass is 10.1. The van der Waals surface area contributed by atoms with Crippen LogP contribution < -0.4 is 4.74 Å².